The second kappa shape index (κ2) is 9.85. The fourth-order valence-electron chi connectivity index (χ4n) is 4.32. The van der Waals surface area contributed by atoms with Gasteiger partial charge in [-0.15, -0.1) is 0 Å². The number of aromatic nitrogens is 1. The number of nitrogens with one attached hydrogen (secondary N) is 1. The van der Waals surface area contributed by atoms with Crippen LogP contribution in [0.3, 0.4) is 0 Å². The number of Topliss-reactive ketones (excluding diaryl/α,β-unsaturated/α-hetero) is 1. The standard InChI is InChI=1S/C27H27N3O5S/c1-18-16-30(17-19(2)34-18)36(32,33)23-7-5-6-21(14-23)25(31)15-28-22-12-10-20(11-13-22)27-29-24-8-3-4-9-26(24)35-27/h3-14,18-19,28H,15-17H2,1-2H3. The van der Waals surface area contributed by atoms with Gasteiger partial charge in [0.2, 0.25) is 15.9 Å². The van der Waals surface area contributed by atoms with Gasteiger partial charge in [0, 0.05) is 29.9 Å². The summed E-state index contributed by atoms with van der Waals surface area (Å²) in [5, 5.41) is 3.10. The molecule has 0 bridgehead atoms. The highest BCUT2D eigenvalue weighted by molar-refractivity contribution is 7.89. The van der Waals surface area contributed by atoms with Gasteiger partial charge in [0.05, 0.1) is 23.6 Å². The topological polar surface area (TPSA) is 102 Å². The number of fused-ring (bicyclic) bond motifs is 1. The van der Waals surface area contributed by atoms with Crippen molar-refractivity contribution >= 4 is 32.6 Å². The lowest BCUT2D eigenvalue weighted by Crippen LogP contribution is -2.48. The van der Waals surface area contributed by atoms with Crippen LogP contribution < -0.4 is 5.32 Å². The lowest BCUT2D eigenvalue weighted by Gasteiger charge is -2.34. The highest BCUT2D eigenvalue weighted by atomic mass is 32.2. The third kappa shape index (κ3) is 5.04. The summed E-state index contributed by atoms with van der Waals surface area (Å²) in [6.45, 7) is 4.29. The molecule has 0 spiro atoms. The van der Waals surface area contributed by atoms with E-state index in [2.05, 4.69) is 10.3 Å². The zero-order valence-corrected chi connectivity index (χ0v) is 20.9. The Kier molecular flexibility index (Phi) is 6.61. The third-order valence-corrected chi connectivity index (χ3v) is 7.89. The van der Waals surface area contributed by atoms with Gasteiger partial charge >= 0.3 is 0 Å². The Labute approximate surface area is 210 Å². The molecular weight excluding hydrogens is 478 g/mol. The number of sulfonamides is 1. The molecule has 1 aliphatic rings. The van der Waals surface area contributed by atoms with Gasteiger partial charge in [-0.05, 0) is 62.4 Å². The Bertz CT molecular complexity index is 1450. The minimum Gasteiger partial charge on any atom is -0.436 e. The molecule has 1 saturated heterocycles. The van der Waals surface area contributed by atoms with E-state index < -0.39 is 10.0 Å². The lowest BCUT2D eigenvalue weighted by molar-refractivity contribution is -0.0440. The first kappa shape index (κ1) is 24.2. The number of carbonyl (C=O) groups excluding carboxylic acids is 1. The first-order valence-corrected chi connectivity index (χ1v) is 13.2. The maximum atomic E-state index is 13.2. The van der Waals surface area contributed by atoms with Crippen LogP contribution in [0.5, 0.6) is 0 Å². The lowest BCUT2D eigenvalue weighted by atomic mass is 10.1. The number of ketones is 1. The molecule has 9 heteroatoms. The number of oxazole rings is 1. The Hall–Kier alpha value is -3.53. The van der Waals surface area contributed by atoms with Crippen LogP contribution in [0, 0.1) is 0 Å². The number of carbonyl (C=O) groups is 1. The highest BCUT2D eigenvalue weighted by Crippen LogP contribution is 2.26. The second-order valence-electron chi connectivity index (χ2n) is 8.95. The van der Waals surface area contributed by atoms with E-state index in [0.717, 1.165) is 22.4 Å². The van der Waals surface area contributed by atoms with Crippen LogP contribution in [0.25, 0.3) is 22.6 Å². The fourth-order valence-corrected chi connectivity index (χ4v) is 5.95. The van der Waals surface area contributed by atoms with E-state index in [0.29, 0.717) is 11.5 Å². The number of hydrogen-bond acceptors (Lipinski definition) is 7. The maximum absolute atomic E-state index is 13.2. The van der Waals surface area contributed by atoms with Gasteiger partial charge in [-0.25, -0.2) is 13.4 Å². The van der Waals surface area contributed by atoms with Gasteiger partial charge in [0.1, 0.15) is 5.52 Å². The molecule has 36 heavy (non-hydrogen) atoms. The van der Waals surface area contributed by atoms with E-state index in [4.69, 9.17) is 9.15 Å². The van der Waals surface area contributed by atoms with Gasteiger partial charge in [-0.2, -0.15) is 4.31 Å². The van der Waals surface area contributed by atoms with Crippen LogP contribution in [0.2, 0.25) is 0 Å². The summed E-state index contributed by atoms with van der Waals surface area (Å²) in [6.07, 6.45) is -0.377. The molecule has 5 rings (SSSR count). The summed E-state index contributed by atoms with van der Waals surface area (Å²) >= 11 is 0. The zero-order chi connectivity index (χ0) is 25.3. The fraction of sp³-hybridized carbons (Fsp3) is 0.259. The molecule has 2 atom stereocenters. The number of hydrogen-bond donors (Lipinski definition) is 1. The molecule has 2 heterocycles. The van der Waals surface area contributed by atoms with Crippen LogP contribution >= 0.6 is 0 Å². The monoisotopic (exact) mass is 505 g/mol. The van der Waals surface area contributed by atoms with E-state index in [1.807, 2.05) is 62.4 Å². The van der Waals surface area contributed by atoms with E-state index >= 15 is 0 Å². The molecular formula is C27H27N3O5S. The van der Waals surface area contributed by atoms with Crippen molar-refractivity contribution in [3.8, 4) is 11.5 Å². The number of rotatable bonds is 7. The van der Waals surface area contributed by atoms with Gasteiger partial charge in [-0.3, -0.25) is 4.79 Å². The molecule has 1 fully saturated rings. The predicted octanol–water partition coefficient (Wildman–Crippen LogP) is 4.59. The van der Waals surface area contributed by atoms with Crippen LogP contribution in [0.4, 0.5) is 5.69 Å². The molecule has 186 valence electrons. The summed E-state index contributed by atoms with van der Waals surface area (Å²) < 4.78 is 39.2. The Morgan fingerprint density at radius 2 is 1.72 bits per heavy atom. The average molecular weight is 506 g/mol. The molecule has 1 aliphatic heterocycles. The Balaban J connectivity index is 1.25. The van der Waals surface area contributed by atoms with E-state index in [1.165, 1.54) is 16.4 Å². The van der Waals surface area contributed by atoms with Crippen LogP contribution in [-0.4, -0.2) is 55.3 Å². The van der Waals surface area contributed by atoms with E-state index in [1.54, 1.807) is 12.1 Å². The molecule has 1 aromatic heterocycles. The van der Waals surface area contributed by atoms with Crippen molar-refractivity contribution in [1.29, 1.82) is 0 Å². The summed E-state index contributed by atoms with van der Waals surface area (Å²) in [7, 11) is -3.73. The third-order valence-electron chi connectivity index (χ3n) is 6.06. The second-order valence-corrected chi connectivity index (χ2v) is 10.9. The normalized spacial score (nSPS) is 18.8. The van der Waals surface area contributed by atoms with Gasteiger partial charge in [-0.1, -0.05) is 24.3 Å². The van der Waals surface area contributed by atoms with Crippen molar-refractivity contribution in [3.05, 3.63) is 78.4 Å². The van der Waals surface area contributed by atoms with Crippen molar-refractivity contribution in [2.75, 3.05) is 25.0 Å². The number of para-hydroxylation sites is 2. The SMILES string of the molecule is CC1CN(S(=O)(=O)c2cccc(C(=O)CNc3ccc(-c4nc5ccccc5o4)cc3)c2)CC(C)O1. The first-order chi connectivity index (χ1) is 17.3. The molecule has 8 nitrogen and oxygen atoms in total. The summed E-state index contributed by atoms with van der Waals surface area (Å²) in [4.78, 5) is 17.5. The molecule has 3 aromatic carbocycles. The van der Waals surface area contributed by atoms with Crippen molar-refractivity contribution in [2.45, 2.75) is 31.0 Å². The van der Waals surface area contributed by atoms with E-state index in [-0.39, 0.29) is 42.5 Å². The predicted molar refractivity (Wildman–Crippen MR) is 137 cm³/mol. The van der Waals surface area contributed by atoms with Gasteiger partial charge in [0.15, 0.2) is 11.4 Å². The number of benzene rings is 3. The van der Waals surface area contributed by atoms with Crippen LogP contribution in [0.15, 0.2) is 82.1 Å². The zero-order valence-electron chi connectivity index (χ0n) is 20.0. The van der Waals surface area contributed by atoms with Crippen molar-refractivity contribution in [1.82, 2.24) is 9.29 Å². The van der Waals surface area contributed by atoms with Gasteiger partial charge < -0.3 is 14.5 Å². The van der Waals surface area contributed by atoms with Gasteiger partial charge in [0.25, 0.3) is 0 Å². The number of nitrogens with zero attached hydrogens (tertiary/aromatic N) is 2. The molecule has 1 N–H and O–H groups in total. The van der Waals surface area contributed by atoms with E-state index in [9.17, 15) is 13.2 Å². The quantitative estimate of drug-likeness (QED) is 0.367. The minimum atomic E-state index is -3.73. The minimum absolute atomic E-state index is 0.0252. The smallest absolute Gasteiger partial charge is 0.243 e. The average Bonchev–Trinajstić information content (AvgIpc) is 3.31. The summed E-state index contributed by atoms with van der Waals surface area (Å²) in [6, 6.07) is 21.2. The van der Waals surface area contributed by atoms with Crippen molar-refractivity contribution in [3.63, 3.8) is 0 Å². The van der Waals surface area contributed by atoms with Crippen molar-refractivity contribution < 1.29 is 22.4 Å². The number of morpholine rings is 1. The van der Waals surface area contributed by atoms with Crippen molar-refractivity contribution in [2.24, 2.45) is 0 Å². The van der Waals surface area contributed by atoms with Crippen LogP contribution in [-0.2, 0) is 14.8 Å². The number of anilines is 1. The Morgan fingerprint density at radius 3 is 2.44 bits per heavy atom. The molecule has 0 amide bonds. The van der Waals surface area contributed by atoms with Crippen LogP contribution in [0.1, 0.15) is 24.2 Å². The molecule has 0 radical (unpaired) electrons. The largest absolute Gasteiger partial charge is 0.436 e. The first-order valence-electron chi connectivity index (χ1n) is 11.8. The molecule has 0 aliphatic carbocycles. The summed E-state index contributed by atoms with van der Waals surface area (Å²) in [5.74, 6) is 0.319. The molecule has 4 aromatic rings. The molecule has 2 unspecified atom stereocenters. The number of ether oxygens (including phenoxy) is 1. The Morgan fingerprint density at radius 1 is 1.00 bits per heavy atom. The maximum Gasteiger partial charge on any atom is 0.243 e. The highest BCUT2D eigenvalue weighted by Gasteiger charge is 2.32. The summed E-state index contributed by atoms with van der Waals surface area (Å²) in [5.41, 5.74) is 3.43. The molecule has 0 saturated carbocycles.